The number of ether oxygens (including phenoxy) is 1. The molecular weight excluding hydrogens is 422 g/mol. The fraction of sp³-hybridized carbons (Fsp3) is 0.450. The van der Waals surface area contributed by atoms with Gasteiger partial charge in [-0.3, -0.25) is 13.9 Å². The highest BCUT2D eigenvalue weighted by Gasteiger charge is 2.33. The predicted octanol–water partition coefficient (Wildman–Crippen LogP) is 0.846. The molecule has 3 aromatic rings. The Morgan fingerprint density at radius 1 is 1.13 bits per heavy atom. The summed E-state index contributed by atoms with van der Waals surface area (Å²) in [4.78, 5) is 32.3. The van der Waals surface area contributed by atoms with Gasteiger partial charge in [-0.15, -0.1) is 0 Å². The van der Waals surface area contributed by atoms with Crippen molar-refractivity contribution in [3.8, 4) is 5.75 Å². The van der Waals surface area contributed by atoms with Crippen molar-refractivity contribution in [3.63, 3.8) is 0 Å². The first-order valence-corrected chi connectivity index (χ1v) is 11.4. The lowest BCUT2D eigenvalue weighted by Crippen LogP contribution is -2.38. The minimum absolute atomic E-state index is 0.0435. The van der Waals surface area contributed by atoms with E-state index in [1.807, 2.05) is 13.0 Å². The molecule has 166 valence electrons. The smallest absolute Gasteiger partial charge is 0.332 e. The van der Waals surface area contributed by atoms with Crippen molar-refractivity contribution in [1.82, 2.24) is 23.4 Å². The van der Waals surface area contributed by atoms with E-state index >= 15 is 0 Å². The largest absolute Gasteiger partial charge is 0.495 e. The zero-order valence-corrected chi connectivity index (χ0v) is 18.7. The molecule has 0 atom stereocenters. The van der Waals surface area contributed by atoms with Gasteiger partial charge in [-0.1, -0.05) is 6.07 Å². The van der Waals surface area contributed by atoms with Crippen LogP contribution in [0.15, 0.2) is 32.7 Å². The zero-order chi connectivity index (χ0) is 22.5. The third kappa shape index (κ3) is 3.47. The highest BCUT2D eigenvalue weighted by molar-refractivity contribution is 7.89. The van der Waals surface area contributed by atoms with Gasteiger partial charge in [0.2, 0.25) is 10.0 Å². The van der Waals surface area contributed by atoms with Gasteiger partial charge in [0.05, 0.1) is 7.11 Å². The van der Waals surface area contributed by atoms with Gasteiger partial charge in [0.1, 0.15) is 22.0 Å². The first-order chi connectivity index (χ1) is 14.6. The Morgan fingerprint density at radius 2 is 1.81 bits per heavy atom. The van der Waals surface area contributed by atoms with Gasteiger partial charge in [0.25, 0.3) is 5.56 Å². The zero-order valence-electron chi connectivity index (χ0n) is 17.9. The Kier molecular flexibility index (Phi) is 5.26. The minimum Gasteiger partial charge on any atom is -0.495 e. The van der Waals surface area contributed by atoms with Crippen LogP contribution in [0.1, 0.15) is 30.1 Å². The first-order valence-electron chi connectivity index (χ1n) is 9.95. The number of methoxy groups -OCH3 is 1. The highest BCUT2D eigenvalue weighted by Crippen LogP contribution is 2.33. The standard InChI is InChI=1S/C20H25N5O5S/c1-12-5-6-14(30-4)15(11-12)31(28,29)25-9-7-13(8-10-25)17-21-16-18(22-17)23(2)20(27)24(3)19(16)26/h5-6,11,13H,7-10H2,1-4H3,(H,21,22). The van der Waals surface area contributed by atoms with Gasteiger partial charge in [-0.2, -0.15) is 4.31 Å². The Hall–Kier alpha value is -2.92. The van der Waals surface area contributed by atoms with E-state index in [2.05, 4.69) is 9.97 Å². The number of hydrogen-bond acceptors (Lipinski definition) is 6. The van der Waals surface area contributed by atoms with Gasteiger partial charge in [-0.05, 0) is 37.5 Å². The molecule has 2 aromatic heterocycles. The van der Waals surface area contributed by atoms with E-state index in [0.29, 0.717) is 43.2 Å². The van der Waals surface area contributed by atoms with E-state index in [1.54, 1.807) is 19.2 Å². The maximum atomic E-state index is 13.2. The Morgan fingerprint density at radius 3 is 2.45 bits per heavy atom. The number of nitrogens with one attached hydrogen (secondary N) is 1. The van der Waals surface area contributed by atoms with Crippen LogP contribution < -0.4 is 16.0 Å². The number of H-pyrrole nitrogens is 1. The molecule has 0 unspecified atom stereocenters. The summed E-state index contributed by atoms with van der Waals surface area (Å²) in [5.41, 5.74) is 0.553. The number of hydrogen-bond donors (Lipinski definition) is 1. The second-order valence-corrected chi connectivity index (χ2v) is 9.77. The van der Waals surface area contributed by atoms with Gasteiger partial charge in [-0.25, -0.2) is 18.2 Å². The predicted molar refractivity (Wildman–Crippen MR) is 115 cm³/mol. The second-order valence-electron chi connectivity index (χ2n) is 7.86. The third-order valence-electron chi connectivity index (χ3n) is 5.89. The molecule has 0 radical (unpaired) electrons. The third-order valence-corrected chi connectivity index (χ3v) is 7.81. The lowest BCUT2D eigenvalue weighted by atomic mass is 9.97. The van der Waals surface area contributed by atoms with Crippen LogP contribution in [0.4, 0.5) is 0 Å². The quantitative estimate of drug-likeness (QED) is 0.633. The first kappa shape index (κ1) is 21.3. The van der Waals surface area contributed by atoms with Crippen molar-refractivity contribution in [1.29, 1.82) is 0 Å². The fourth-order valence-corrected chi connectivity index (χ4v) is 5.74. The number of aryl methyl sites for hydroxylation is 2. The van der Waals surface area contributed by atoms with Crippen molar-refractivity contribution in [2.45, 2.75) is 30.6 Å². The molecule has 1 aliphatic rings. The van der Waals surface area contributed by atoms with Gasteiger partial charge >= 0.3 is 5.69 Å². The summed E-state index contributed by atoms with van der Waals surface area (Å²) in [6.45, 7) is 2.47. The number of rotatable bonds is 4. The number of aromatic nitrogens is 4. The number of piperidine rings is 1. The molecule has 0 amide bonds. The lowest BCUT2D eigenvalue weighted by Gasteiger charge is -2.30. The fourth-order valence-electron chi connectivity index (χ4n) is 4.03. The number of sulfonamides is 1. The van der Waals surface area contributed by atoms with E-state index in [1.165, 1.54) is 23.0 Å². The van der Waals surface area contributed by atoms with Crippen LogP contribution in [0.25, 0.3) is 11.2 Å². The molecule has 1 saturated heterocycles. The van der Waals surface area contributed by atoms with E-state index < -0.39 is 21.3 Å². The molecule has 11 heteroatoms. The van der Waals surface area contributed by atoms with Crippen molar-refractivity contribution >= 4 is 21.2 Å². The molecule has 1 aliphatic heterocycles. The van der Waals surface area contributed by atoms with E-state index in [9.17, 15) is 18.0 Å². The summed E-state index contributed by atoms with van der Waals surface area (Å²) in [6.07, 6.45) is 1.09. The molecule has 1 N–H and O–H groups in total. The summed E-state index contributed by atoms with van der Waals surface area (Å²) >= 11 is 0. The topological polar surface area (TPSA) is 119 Å². The maximum Gasteiger partial charge on any atom is 0.332 e. The van der Waals surface area contributed by atoms with Gasteiger partial charge in [0.15, 0.2) is 5.65 Å². The Balaban J connectivity index is 1.60. The van der Waals surface area contributed by atoms with Crippen molar-refractivity contribution in [3.05, 3.63) is 50.4 Å². The van der Waals surface area contributed by atoms with Crippen molar-refractivity contribution in [2.75, 3.05) is 20.2 Å². The summed E-state index contributed by atoms with van der Waals surface area (Å²) in [5.74, 6) is 0.873. The highest BCUT2D eigenvalue weighted by atomic mass is 32.2. The molecule has 0 aliphatic carbocycles. The van der Waals surface area contributed by atoms with E-state index in [-0.39, 0.29) is 16.3 Å². The Labute approximate surface area is 179 Å². The number of benzene rings is 1. The molecule has 1 aromatic carbocycles. The van der Waals surface area contributed by atoms with Crippen LogP contribution in [-0.2, 0) is 24.1 Å². The summed E-state index contributed by atoms with van der Waals surface area (Å²) in [5, 5.41) is 0. The average molecular weight is 448 g/mol. The Bertz CT molecular complexity index is 1380. The monoisotopic (exact) mass is 447 g/mol. The van der Waals surface area contributed by atoms with E-state index in [4.69, 9.17) is 4.74 Å². The van der Waals surface area contributed by atoms with Crippen molar-refractivity contribution < 1.29 is 13.2 Å². The SMILES string of the molecule is COc1ccc(C)cc1S(=O)(=O)N1CCC(c2nc3c([nH]2)c(=O)n(C)c(=O)n3C)CC1. The molecule has 3 heterocycles. The average Bonchev–Trinajstić information content (AvgIpc) is 3.22. The normalized spacial score (nSPS) is 16.1. The van der Waals surface area contributed by atoms with Crippen LogP contribution in [0.3, 0.4) is 0 Å². The summed E-state index contributed by atoms with van der Waals surface area (Å²) in [6, 6.07) is 5.09. The molecule has 31 heavy (non-hydrogen) atoms. The van der Waals surface area contributed by atoms with Gasteiger partial charge < -0.3 is 9.72 Å². The number of fused-ring (bicyclic) bond motifs is 1. The molecular formula is C20H25N5O5S. The van der Waals surface area contributed by atoms with Crippen LogP contribution in [0, 0.1) is 6.92 Å². The minimum atomic E-state index is -3.70. The molecule has 1 fully saturated rings. The van der Waals surface area contributed by atoms with Crippen LogP contribution in [-0.4, -0.2) is 52.0 Å². The summed E-state index contributed by atoms with van der Waals surface area (Å²) in [7, 11) is 0.743. The lowest BCUT2D eigenvalue weighted by molar-refractivity contribution is 0.312. The van der Waals surface area contributed by atoms with Crippen LogP contribution in [0.2, 0.25) is 0 Å². The van der Waals surface area contributed by atoms with E-state index in [0.717, 1.165) is 10.1 Å². The number of nitrogens with zero attached hydrogens (tertiary/aromatic N) is 4. The van der Waals surface area contributed by atoms with Crippen molar-refractivity contribution in [2.24, 2.45) is 14.1 Å². The molecule has 0 bridgehead atoms. The second kappa shape index (κ2) is 7.65. The molecule has 4 rings (SSSR count). The summed E-state index contributed by atoms with van der Waals surface area (Å²) < 4.78 is 35.5. The molecule has 10 nitrogen and oxygen atoms in total. The van der Waals surface area contributed by atoms with Gasteiger partial charge in [0, 0.05) is 33.1 Å². The number of aromatic amines is 1. The van der Waals surface area contributed by atoms with Crippen LogP contribution >= 0.6 is 0 Å². The molecule has 0 spiro atoms. The molecule has 0 saturated carbocycles. The van der Waals surface area contributed by atoms with Crippen LogP contribution in [0.5, 0.6) is 5.75 Å². The maximum absolute atomic E-state index is 13.2. The number of imidazole rings is 1.